The summed E-state index contributed by atoms with van der Waals surface area (Å²) in [5, 5.41) is 2.83. The van der Waals surface area contributed by atoms with Crippen molar-refractivity contribution in [1.29, 1.82) is 0 Å². The van der Waals surface area contributed by atoms with Crippen LogP contribution in [0.4, 0.5) is 0 Å². The molecule has 0 spiro atoms. The summed E-state index contributed by atoms with van der Waals surface area (Å²) in [5.41, 5.74) is 0.640. The Hall–Kier alpha value is -0.540. The summed E-state index contributed by atoms with van der Waals surface area (Å²) in [5.74, 6) is 0.449. The minimum atomic E-state index is -0.0909. The summed E-state index contributed by atoms with van der Waals surface area (Å²) in [6, 6.07) is 7.35. The van der Waals surface area contributed by atoms with Crippen LogP contribution in [0.25, 0.3) is 0 Å². The maximum absolute atomic E-state index is 11.9. The Morgan fingerprint density at radius 2 is 2.06 bits per heavy atom. The number of rotatable bonds is 5. The van der Waals surface area contributed by atoms with E-state index < -0.39 is 0 Å². The fourth-order valence-electron chi connectivity index (χ4n) is 1.54. The van der Waals surface area contributed by atoms with Crippen LogP contribution in [0.15, 0.2) is 28.7 Å². The van der Waals surface area contributed by atoms with Crippen LogP contribution in [0.5, 0.6) is 0 Å². The van der Waals surface area contributed by atoms with E-state index in [-0.39, 0.29) is 11.3 Å². The lowest BCUT2D eigenvalue weighted by Crippen LogP contribution is -2.30. The lowest BCUT2D eigenvalue weighted by molar-refractivity contribution is 0.0952. The first-order valence-corrected chi connectivity index (χ1v) is 6.90. The van der Waals surface area contributed by atoms with Crippen LogP contribution >= 0.6 is 27.5 Å². The molecule has 1 aromatic carbocycles. The molecule has 1 unspecified atom stereocenters. The Balaban J connectivity index is 2.48. The molecule has 0 saturated carbocycles. The normalized spacial score (nSPS) is 12.5. The average Bonchev–Trinajstić information content (AvgIpc) is 2.25. The fraction of sp³-hybridized carbons (Fsp3) is 0.462. The van der Waals surface area contributed by atoms with E-state index in [4.69, 9.17) is 11.6 Å². The first-order valence-electron chi connectivity index (χ1n) is 5.67. The zero-order valence-corrected chi connectivity index (χ0v) is 12.4. The first-order chi connectivity index (χ1) is 8.00. The highest BCUT2D eigenvalue weighted by molar-refractivity contribution is 9.10. The summed E-state index contributed by atoms with van der Waals surface area (Å²) in [6.07, 6.45) is 0.901. The molecule has 17 heavy (non-hydrogen) atoms. The second-order valence-electron chi connectivity index (χ2n) is 4.42. The lowest BCUT2D eigenvalue weighted by Gasteiger charge is -2.13. The Morgan fingerprint density at radius 1 is 1.41 bits per heavy atom. The van der Waals surface area contributed by atoms with E-state index in [1.54, 1.807) is 6.07 Å². The van der Waals surface area contributed by atoms with Crippen molar-refractivity contribution in [3.63, 3.8) is 0 Å². The average molecular weight is 319 g/mol. The molecular weight excluding hydrogens is 302 g/mol. The molecule has 1 aromatic rings. The molecule has 1 amide bonds. The fourth-order valence-corrected chi connectivity index (χ4v) is 2.44. The zero-order valence-electron chi connectivity index (χ0n) is 10.0. The summed E-state index contributed by atoms with van der Waals surface area (Å²) >= 11 is 9.47. The van der Waals surface area contributed by atoms with E-state index in [1.807, 2.05) is 18.2 Å². The van der Waals surface area contributed by atoms with Crippen molar-refractivity contribution in [3.05, 3.63) is 34.3 Å². The number of carbonyl (C=O) groups is 1. The summed E-state index contributed by atoms with van der Waals surface area (Å²) in [6.45, 7) is 4.73. The largest absolute Gasteiger partial charge is 0.351 e. The minimum Gasteiger partial charge on any atom is -0.351 e. The molecular formula is C13H17BrClNO. The van der Waals surface area contributed by atoms with Crippen molar-refractivity contribution in [3.8, 4) is 0 Å². The third-order valence-corrected chi connectivity index (χ3v) is 3.35. The molecule has 0 aliphatic carbocycles. The van der Waals surface area contributed by atoms with E-state index in [2.05, 4.69) is 35.1 Å². The van der Waals surface area contributed by atoms with Gasteiger partial charge in [-0.3, -0.25) is 4.79 Å². The SMILES string of the molecule is CC(C)CC(Cl)CNC(=O)c1ccccc1Br. The number of nitrogens with one attached hydrogen (secondary N) is 1. The van der Waals surface area contributed by atoms with E-state index in [9.17, 15) is 4.79 Å². The Labute approximate surface area is 116 Å². The molecule has 0 aromatic heterocycles. The number of hydrogen-bond acceptors (Lipinski definition) is 1. The first kappa shape index (κ1) is 14.5. The monoisotopic (exact) mass is 317 g/mol. The van der Waals surface area contributed by atoms with Gasteiger partial charge < -0.3 is 5.32 Å². The number of halogens is 2. The van der Waals surface area contributed by atoms with Gasteiger partial charge in [0.1, 0.15) is 0 Å². The van der Waals surface area contributed by atoms with Gasteiger partial charge in [0, 0.05) is 11.0 Å². The maximum atomic E-state index is 11.9. The van der Waals surface area contributed by atoms with Crippen LogP contribution in [0.2, 0.25) is 0 Å². The van der Waals surface area contributed by atoms with Gasteiger partial charge in [0.25, 0.3) is 5.91 Å². The van der Waals surface area contributed by atoms with Crippen molar-refractivity contribution in [2.24, 2.45) is 5.92 Å². The number of carbonyl (C=O) groups excluding carboxylic acids is 1. The lowest BCUT2D eigenvalue weighted by atomic mass is 10.1. The highest BCUT2D eigenvalue weighted by Gasteiger charge is 2.12. The van der Waals surface area contributed by atoms with E-state index >= 15 is 0 Å². The molecule has 94 valence electrons. The maximum Gasteiger partial charge on any atom is 0.252 e. The van der Waals surface area contributed by atoms with Crippen molar-refractivity contribution >= 4 is 33.4 Å². The van der Waals surface area contributed by atoms with Crippen LogP contribution < -0.4 is 5.32 Å². The number of alkyl halides is 1. The van der Waals surface area contributed by atoms with Gasteiger partial charge in [-0.25, -0.2) is 0 Å². The smallest absolute Gasteiger partial charge is 0.252 e. The van der Waals surface area contributed by atoms with Crippen LogP contribution in [-0.4, -0.2) is 17.8 Å². The molecule has 0 aliphatic rings. The predicted octanol–water partition coefficient (Wildman–Crippen LogP) is 3.83. The van der Waals surface area contributed by atoms with Gasteiger partial charge >= 0.3 is 0 Å². The van der Waals surface area contributed by atoms with Crippen LogP contribution in [0.1, 0.15) is 30.6 Å². The van der Waals surface area contributed by atoms with Gasteiger partial charge in [-0.2, -0.15) is 0 Å². The number of hydrogen-bond donors (Lipinski definition) is 1. The van der Waals surface area contributed by atoms with Crippen molar-refractivity contribution < 1.29 is 4.79 Å². The molecule has 1 rings (SSSR count). The van der Waals surface area contributed by atoms with E-state index in [0.717, 1.165) is 10.9 Å². The van der Waals surface area contributed by atoms with Gasteiger partial charge in [-0.15, -0.1) is 11.6 Å². The van der Waals surface area contributed by atoms with E-state index in [1.165, 1.54) is 0 Å². The number of amides is 1. The van der Waals surface area contributed by atoms with Gasteiger partial charge in [0.2, 0.25) is 0 Å². The molecule has 0 bridgehead atoms. The van der Waals surface area contributed by atoms with Crippen molar-refractivity contribution in [1.82, 2.24) is 5.32 Å². The Morgan fingerprint density at radius 3 is 2.65 bits per heavy atom. The quantitative estimate of drug-likeness (QED) is 0.821. The van der Waals surface area contributed by atoms with Gasteiger partial charge in [0.15, 0.2) is 0 Å². The molecule has 0 saturated heterocycles. The second kappa shape index (κ2) is 7.02. The van der Waals surface area contributed by atoms with Gasteiger partial charge in [-0.05, 0) is 40.4 Å². The zero-order chi connectivity index (χ0) is 12.8. The van der Waals surface area contributed by atoms with Crippen molar-refractivity contribution in [2.45, 2.75) is 25.6 Å². The third kappa shape index (κ3) is 5.09. The predicted molar refractivity (Wildman–Crippen MR) is 75.6 cm³/mol. The van der Waals surface area contributed by atoms with Gasteiger partial charge in [-0.1, -0.05) is 26.0 Å². The molecule has 1 atom stereocenters. The molecule has 0 heterocycles. The standard InChI is InChI=1S/C13H17BrClNO/c1-9(2)7-10(15)8-16-13(17)11-5-3-4-6-12(11)14/h3-6,9-10H,7-8H2,1-2H3,(H,16,17). The molecule has 0 radical (unpaired) electrons. The van der Waals surface area contributed by atoms with Crippen LogP contribution in [0, 0.1) is 5.92 Å². The summed E-state index contributed by atoms with van der Waals surface area (Å²) in [4.78, 5) is 11.9. The molecule has 0 fully saturated rings. The Bertz CT molecular complexity index is 381. The van der Waals surface area contributed by atoms with Crippen LogP contribution in [0.3, 0.4) is 0 Å². The highest BCUT2D eigenvalue weighted by atomic mass is 79.9. The van der Waals surface area contributed by atoms with E-state index in [0.29, 0.717) is 18.0 Å². The highest BCUT2D eigenvalue weighted by Crippen LogP contribution is 2.16. The summed E-state index contributed by atoms with van der Waals surface area (Å²) in [7, 11) is 0. The van der Waals surface area contributed by atoms with Crippen LogP contribution in [-0.2, 0) is 0 Å². The minimum absolute atomic E-state index is 0.0126. The molecule has 0 aliphatic heterocycles. The molecule has 4 heteroatoms. The summed E-state index contributed by atoms with van der Waals surface area (Å²) < 4.78 is 0.799. The number of benzene rings is 1. The molecule has 2 nitrogen and oxygen atoms in total. The van der Waals surface area contributed by atoms with Gasteiger partial charge in [0.05, 0.1) is 10.9 Å². The second-order valence-corrected chi connectivity index (χ2v) is 5.89. The Kier molecular flexibility index (Phi) is 6.00. The third-order valence-electron chi connectivity index (χ3n) is 2.33. The van der Waals surface area contributed by atoms with Crippen molar-refractivity contribution in [2.75, 3.05) is 6.54 Å². The topological polar surface area (TPSA) is 29.1 Å². The molecule has 1 N–H and O–H groups in total.